The summed E-state index contributed by atoms with van der Waals surface area (Å²) in [6.45, 7) is 1.40. The highest BCUT2D eigenvalue weighted by Gasteiger charge is 2.36. The van der Waals surface area contributed by atoms with Crippen LogP contribution in [0.3, 0.4) is 0 Å². The fourth-order valence-electron chi connectivity index (χ4n) is 4.40. The topological polar surface area (TPSA) is 79.7 Å². The van der Waals surface area contributed by atoms with Crippen LogP contribution in [0.1, 0.15) is 28.8 Å². The Morgan fingerprint density at radius 3 is 2.47 bits per heavy atom. The number of thioether (sulfide) groups is 1. The summed E-state index contributed by atoms with van der Waals surface area (Å²) in [5.41, 5.74) is 1.95. The van der Waals surface area contributed by atoms with Gasteiger partial charge in [0, 0.05) is 50.8 Å². The average Bonchev–Trinajstić information content (AvgIpc) is 3.56. The Hall–Kier alpha value is -2.88. The number of carbonyl (C=O) groups excluding carboxylic acids is 4. The summed E-state index contributed by atoms with van der Waals surface area (Å²) in [6.07, 6.45) is 5.53. The van der Waals surface area contributed by atoms with E-state index in [0.29, 0.717) is 10.6 Å². The van der Waals surface area contributed by atoms with Crippen LogP contribution in [-0.4, -0.2) is 56.8 Å². The molecule has 0 bridgehead atoms. The van der Waals surface area contributed by atoms with Crippen molar-refractivity contribution in [2.45, 2.75) is 19.4 Å². The quantitative estimate of drug-likeness (QED) is 0.278. The van der Waals surface area contributed by atoms with Crippen molar-refractivity contribution in [3.8, 4) is 0 Å². The molecule has 2 fully saturated rings. The van der Waals surface area contributed by atoms with Gasteiger partial charge in [-0.05, 0) is 73.1 Å². The number of likely N-dealkylation sites (tertiary alicyclic amines) is 1. The second-order valence-corrected chi connectivity index (χ2v) is 11.0. The third-order valence-corrected chi connectivity index (χ3v) is 7.92. The summed E-state index contributed by atoms with van der Waals surface area (Å²) in [7, 11) is 0. The third-order valence-electron chi connectivity index (χ3n) is 6.27. The van der Waals surface area contributed by atoms with E-state index in [1.165, 1.54) is 0 Å². The van der Waals surface area contributed by atoms with E-state index in [0.717, 1.165) is 63.5 Å². The number of carbonyl (C=O) groups is 4. The van der Waals surface area contributed by atoms with Gasteiger partial charge in [0.15, 0.2) is 5.78 Å². The molecule has 2 aromatic carbocycles. The zero-order chi connectivity index (χ0) is 25.4. The predicted molar refractivity (Wildman–Crippen MR) is 144 cm³/mol. The number of aromatic nitrogens is 1. The third kappa shape index (κ3) is 5.00. The smallest absolute Gasteiger partial charge is 0.293 e. The monoisotopic (exact) mass is 585 g/mol. The van der Waals surface area contributed by atoms with Gasteiger partial charge in [-0.2, -0.15) is 0 Å². The van der Waals surface area contributed by atoms with Gasteiger partial charge in [0.2, 0.25) is 5.91 Å². The molecule has 2 aliphatic rings. The highest BCUT2D eigenvalue weighted by molar-refractivity contribution is 9.10. The van der Waals surface area contributed by atoms with E-state index < -0.39 is 11.1 Å². The minimum Gasteiger partial charge on any atom is -0.341 e. The van der Waals surface area contributed by atoms with Gasteiger partial charge in [0.1, 0.15) is 6.54 Å². The predicted octanol–water partition coefficient (Wildman–Crippen LogP) is 5.60. The lowest BCUT2D eigenvalue weighted by Gasteiger charge is -2.16. The molecule has 0 N–H and O–H groups in total. The minimum atomic E-state index is -0.517. The molecular formula is C26H21BrClN3O4S. The lowest BCUT2D eigenvalue weighted by Crippen LogP contribution is -2.33. The van der Waals surface area contributed by atoms with E-state index in [9.17, 15) is 19.2 Å². The standard InChI is InChI=1S/C26H21BrClN3O4S/c27-18-5-8-21-20(12-18)17(13-30(21)15-24(33)29-9-1-2-10-29)11-23-25(34)31(26(35)36-23)14-22(32)16-3-6-19(28)7-4-16/h3-8,11-13H,1-2,9-10,14-15H2/b23-11-. The summed E-state index contributed by atoms with van der Waals surface area (Å²) in [4.78, 5) is 54.2. The molecule has 0 saturated carbocycles. The average molecular weight is 587 g/mol. The van der Waals surface area contributed by atoms with Gasteiger partial charge in [-0.15, -0.1) is 0 Å². The SMILES string of the molecule is O=C(CN1C(=O)S/C(=C\c2cn(CC(=O)N3CCCC3)c3ccc(Br)cc23)C1=O)c1ccc(Cl)cc1. The van der Waals surface area contributed by atoms with Crippen molar-refractivity contribution in [2.75, 3.05) is 19.6 Å². The van der Waals surface area contributed by atoms with E-state index in [2.05, 4.69) is 15.9 Å². The van der Waals surface area contributed by atoms with E-state index in [1.807, 2.05) is 33.9 Å². The second-order valence-electron chi connectivity index (χ2n) is 8.66. The zero-order valence-corrected chi connectivity index (χ0v) is 22.2. The molecule has 0 spiro atoms. The normalized spacial score (nSPS) is 17.1. The fraction of sp³-hybridized carbons (Fsp3) is 0.231. The summed E-state index contributed by atoms with van der Waals surface area (Å²) >= 11 is 10.2. The van der Waals surface area contributed by atoms with Crippen molar-refractivity contribution in [3.05, 3.63) is 74.2 Å². The molecule has 0 radical (unpaired) electrons. The maximum absolute atomic E-state index is 13.1. The number of benzene rings is 2. The fourth-order valence-corrected chi connectivity index (χ4v) is 5.72. The number of fused-ring (bicyclic) bond motifs is 1. The van der Waals surface area contributed by atoms with Crippen LogP contribution in [0.25, 0.3) is 17.0 Å². The van der Waals surface area contributed by atoms with Crippen LogP contribution in [0.2, 0.25) is 5.02 Å². The molecule has 7 nitrogen and oxygen atoms in total. The molecule has 0 aliphatic carbocycles. The Morgan fingerprint density at radius 1 is 1.03 bits per heavy atom. The van der Waals surface area contributed by atoms with Gasteiger partial charge < -0.3 is 9.47 Å². The molecule has 2 saturated heterocycles. The largest absolute Gasteiger partial charge is 0.341 e. The molecule has 5 rings (SSSR count). The Balaban J connectivity index is 1.41. The number of ketones is 1. The van der Waals surface area contributed by atoms with Crippen LogP contribution < -0.4 is 0 Å². The van der Waals surface area contributed by atoms with Crippen LogP contribution in [0.5, 0.6) is 0 Å². The zero-order valence-electron chi connectivity index (χ0n) is 19.1. The molecule has 0 unspecified atom stereocenters. The van der Waals surface area contributed by atoms with E-state index in [1.54, 1.807) is 30.3 Å². The van der Waals surface area contributed by atoms with Crippen LogP contribution in [0.4, 0.5) is 4.79 Å². The molecule has 2 aliphatic heterocycles. The van der Waals surface area contributed by atoms with Crippen molar-refractivity contribution in [2.24, 2.45) is 0 Å². The Kier molecular flexibility index (Phi) is 7.05. The first-order valence-electron chi connectivity index (χ1n) is 11.4. The summed E-state index contributed by atoms with van der Waals surface area (Å²) < 4.78 is 2.73. The number of hydrogen-bond donors (Lipinski definition) is 0. The first kappa shape index (κ1) is 24.8. The maximum Gasteiger partial charge on any atom is 0.293 e. The highest BCUT2D eigenvalue weighted by atomic mass is 79.9. The maximum atomic E-state index is 13.1. The van der Waals surface area contributed by atoms with E-state index in [4.69, 9.17) is 11.6 Å². The Bertz CT molecular complexity index is 1430. The first-order valence-corrected chi connectivity index (χ1v) is 13.4. The number of rotatable bonds is 6. The number of Topliss-reactive ketones (excluding diaryl/α,β-unsaturated/α-hetero) is 1. The molecule has 3 heterocycles. The highest BCUT2D eigenvalue weighted by Crippen LogP contribution is 2.35. The lowest BCUT2D eigenvalue weighted by atomic mass is 10.1. The Labute approximate surface area is 225 Å². The molecular weight excluding hydrogens is 566 g/mol. The number of hydrogen-bond acceptors (Lipinski definition) is 5. The van der Waals surface area contributed by atoms with Crippen molar-refractivity contribution in [3.63, 3.8) is 0 Å². The van der Waals surface area contributed by atoms with Gasteiger partial charge in [0.25, 0.3) is 11.1 Å². The van der Waals surface area contributed by atoms with Crippen molar-refractivity contribution in [1.82, 2.24) is 14.4 Å². The summed E-state index contributed by atoms with van der Waals surface area (Å²) in [5.74, 6) is -0.813. The number of halogens is 2. The van der Waals surface area contributed by atoms with Crippen molar-refractivity contribution < 1.29 is 19.2 Å². The van der Waals surface area contributed by atoms with Crippen molar-refractivity contribution >= 4 is 79.1 Å². The van der Waals surface area contributed by atoms with Gasteiger partial charge in [-0.1, -0.05) is 27.5 Å². The summed E-state index contributed by atoms with van der Waals surface area (Å²) in [5, 5.41) is 0.846. The van der Waals surface area contributed by atoms with Gasteiger partial charge >= 0.3 is 0 Å². The molecule has 0 atom stereocenters. The minimum absolute atomic E-state index is 0.0555. The Morgan fingerprint density at radius 2 is 1.75 bits per heavy atom. The van der Waals surface area contributed by atoms with Crippen LogP contribution >= 0.6 is 39.3 Å². The van der Waals surface area contributed by atoms with Crippen LogP contribution in [-0.2, 0) is 16.1 Å². The van der Waals surface area contributed by atoms with E-state index in [-0.39, 0.29) is 29.7 Å². The molecule has 36 heavy (non-hydrogen) atoms. The van der Waals surface area contributed by atoms with E-state index >= 15 is 0 Å². The lowest BCUT2D eigenvalue weighted by molar-refractivity contribution is -0.130. The number of imide groups is 1. The molecule has 3 aromatic rings. The van der Waals surface area contributed by atoms with Crippen LogP contribution in [0, 0.1) is 0 Å². The number of nitrogens with zero attached hydrogens (tertiary/aromatic N) is 3. The second kappa shape index (κ2) is 10.2. The molecule has 1 aromatic heterocycles. The first-order chi connectivity index (χ1) is 17.3. The molecule has 10 heteroatoms. The summed E-state index contributed by atoms with van der Waals surface area (Å²) in [6, 6.07) is 12.1. The van der Waals surface area contributed by atoms with Gasteiger partial charge in [-0.3, -0.25) is 24.1 Å². The molecule has 184 valence electrons. The van der Waals surface area contributed by atoms with Gasteiger partial charge in [0.05, 0.1) is 11.4 Å². The van der Waals surface area contributed by atoms with Gasteiger partial charge in [-0.25, -0.2) is 0 Å². The van der Waals surface area contributed by atoms with Crippen LogP contribution in [0.15, 0.2) is 58.0 Å². The van der Waals surface area contributed by atoms with Crippen molar-refractivity contribution in [1.29, 1.82) is 0 Å². The number of amides is 3. The molecule has 3 amide bonds.